The largest absolute Gasteiger partial charge is 0.584 e. The predicted octanol–water partition coefficient (Wildman–Crippen LogP) is 8.30. The normalized spacial score (nSPS) is 17.6. The fourth-order valence-corrected chi connectivity index (χ4v) is 7.95. The summed E-state index contributed by atoms with van der Waals surface area (Å²) in [5.41, 5.74) is 12.5. The van der Waals surface area contributed by atoms with Crippen molar-refractivity contribution in [3.05, 3.63) is 105 Å². The van der Waals surface area contributed by atoms with Gasteiger partial charge in [-0.25, -0.2) is 4.57 Å². The molecule has 1 spiro atoms. The Labute approximate surface area is 223 Å². The number of phosphoric ester groups is 1. The summed E-state index contributed by atoms with van der Waals surface area (Å²) in [6.07, 6.45) is 3.68. The first kappa shape index (κ1) is 23.8. The molecule has 2 aliphatic carbocycles. The molecule has 4 nitrogen and oxygen atoms in total. The molecular weight excluding hydrogens is 491 g/mol. The molecule has 192 valence electrons. The Balaban J connectivity index is 1.56. The van der Waals surface area contributed by atoms with E-state index in [-0.39, 0.29) is 5.41 Å². The molecule has 3 aliphatic rings. The SMILES string of the molecule is Cc1ccc(C)c(-c2ccc3c4c2OP(=O)(O)Oc2c(-c5cc(C)ccc5C)ccc5c2C4(CC3)CC5)c1. The zero-order valence-corrected chi connectivity index (χ0v) is 23.1. The van der Waals surface area contributed by atoms with Crippen LogP contribution in [-0.2, 0) is 22.8 Å². The molecule has 0 amide bonds. The monoisotopic (exact) mass is 522 g/mol. The van der Waals surface area contributed by atoms with E-state index in [1.54, 1.807) is 0 Å². The zero-order valence-electron chi connectivity index (χ0n) is 22.2. The van der Waals surface area contributed by atoms with Crippen LogP contribution in [0.15, 0.2) is 60.7 Å². The van der Waals surface area contributed by atoms with Gasteiger partial charge >= 0.3 is 7.82 Å². The van der Waals surface area contributed by atoms with Gasteiger partial charge in [0.1, 0.15) is 11.5 Å². The first-order valence-electron chi connectivity index (χ1n) is 13.4. The van der Waals surface area contributed by atoms with Gasteiger partial charge in [0, 0.05) is 27.7 Å². The summed E-state index contributed by atoms with van der Waals surface area (Å²) in [4.78, 5) is 11.3. The van der Waals surface area contributed by atoms with E-state index in [9.17, 15) is 9.46 Å². The second kappa shape index (κ2) is 8.09. The van der Waals surface area contributed by atoms with E-state index in [1.807, 2.05) is 0 Å². The van der Waals surface area contributed by atoms with E-state index in [2.05, 4.69) is 88.4 Å². The minimum Gasteiger partial charge on any atom is -0.394 e. The van der Waals surface area contributed by atoms with Gasteiger partial charge in [0.25, 0.3) is 0 Å². The zero-order chi connectivity index (χ0) is 26.4. The van der Waals surface area contributed by atoms with E-state index >= 15 is 0 Å². The van der Waals surface area contributed by atoms with Crippen LogP contribution in [0, 0.1) is 27.7 Å². The van der Waals surface area contributed by atoms with Gasteiger partial charge < -0.3 is 9.05 Å². The van der Waals surface area contributed by atoms with Crippen LogP contribution < -0.4 is 9.05 Å². The van der Waals surface area contributed by atoms with Gasteiger partial charge in [0.2, 0.25) is 0 Å². The average Bonchev–Trinajstić information content (AvgIpc) is 3.43. The lowest BCUT2D eigenvalue weighted by Crippen LogP contribution is -2.25. The molecule has 0 atom stereocenters. The van der Waals surface area contributed by atoms with E-state index in [0.717, 1.165) is 81.3 Å². The summed E-state index contributed by atoms with van der Waals surface area (Å²) in [5.74, 6) is 1.02. The van der Waals surface area contributed by atoms with E-state index in [4.69, 9.17) is 9.05 Å². The standard InChI is InChI=1S/C33H31O4P/c1-19-5-7-21(3)27(17-19)25-11-9-23-13-15-33-16-14-24-10-12-26(28-18-20(2)6-8-22(28)4)32(30(24)33)37-38(34,35)36-31(25)29(23)33/h5-12,17-18H,13-16H2,1-4H3,(H,34,35). The Bertz CT molecular complexity index is 1590. The van der Waals surface area contributed by atoms with E-state index in [1.165, 1.54) is 11.1 Å². The Hall–Kier alpha value is -3.33. The van der Waals surface area contributed by atoms with Gasteiger partial charge in [-0.2, -0.15) is 0 Å². The maximum Gasteiger partial charge on any atom is 0.584 e. The maximum absolute atomic E-state index is 13.8. The molecule has 1 heterocycles. The number of phosphoric acid groups is 1. The fourth-order valence-electron chi connectivity index (χ4n) is 7.07. The number of hydrogen-bond acceptors (Lipinski definition) is 3. The van der Waals surface area contributed by atoms with Crippen LogP contribution in [0.4, 0.5) is 0 Å². The molecule has 4 aromatic carbocycles. The highest BCUT2D eigenvalue weighted by Crippen LogP contribution is 2.65. The highest BCUT2D eigenvalue weighted by Gasteiger charge is 2.52. The summed E-state index contributed by atoms with van der Waals surface area (Å²) >= 11 is 0. The Morgan fingerprint density at radius 1 is 0.658 bits per heavy atom. The molecule has 0 fully saturated rings. The van der Waals surface area contributed by atoms with Crippen LogP contribution >= 0.6 is 7.82 Å². The minimum absolute atomic E-state index is 0.308. The Kier molecular flexibility index (Phi) is 5.06. The van der Waals surface area contributed by atoms with Crippen molar-refractivity contribution in [1.29, 1.82) is 0 Å². The van der Waals surface area contributed by atoms with Crippen molar-refractivity contribution in [2.75, 3.05) is 0 Å². The summed E-state index contributed by atoms with van der Waals surface area (Å²) < 4.78 is 26.1. The van der Waals surface area contributed by atoms with Crippen LogP contribution in [-0.4, -0.2) is 4.89 Å². The second-order valence-electron chi connectivity index (χ2n) is 11.3. The topological polar surface area (TPSA) is 55.8 Å². The third-order valence-corrected chi connectivity index (χ3v) is 9.69. The summed E-state index contributed by atoms with van der Waals surface area (Å²) in [5, 5.41) is 0. The molecule has 1 aliphatic heterocycles. The number of benzene rings is 4. The van der Waals surface area contributed by atoms with E-state index < -0.39 is 7.82 Å². The van der Waals surface area contributed by atoms with Crippen molar-refractivity contribution in [3.8, 4) is 33.8 Å². The Morgan fingerprint density at radius 3 is 1.55 bits per heavy atom. The van der Waals surface area contributed by atoms with Crippen LogP contribution in [0.3, 0.4) is 0 Å². The van der Waals surface area contributed by atoms with Crippen molar-refractivity contribution in [1.82, 2.24) is 0 Å². The van der Waals surface area contributed by atoms with Gasteiger partial charge in [0.15, 0.2) is 0 Å². The van der Waals surface area contributed by atoms with Crippen LogP contribution in [0.2, 0.25) is 0 Å². The molecule has 0 unspecified atom stereocenters. The van der Waals surface area contributed by atoms with Gasteiger partial charge in [-0.3, -0.25) is 4.89 Å². The van der Waals surface area contributed by atoms with Gasteiger partial charge in [0.05, 0.1) is 0 Å². The van der Waals surface area contributed by atoms with Crippen molar-refractivity contribution in [2.45, 2.75) is 58.8 Å². The van der Waals surface area contributed by atoms with E-state index in [0.29, 0.717) is 11.5 Å². The van der Waals surface area contributed by atoms with Crippen molar-refractivity contribution in [3.63, 3.8) is 0 Å². The minimum atomic E-state index is -4.51. The number of hydrogen-bond donors (Lipinski definition) is 1. The molecule has 0 radical (unpaired) electrons. The highest BCUT2D eigenvalue weighted by atomic mass is 31.2. The van der Waals surface area contributed by atoms with Crippen LogP contribution in [0.5, 0.6) is 11.5 Å². The molecule has 7 rings (SSSR count). The van der Waals surface area contributed by atoms with Crippen LogP contribution in [0.25, 0.3) is 22.3 Å². The summed E-state index contributed by atoms with van der Waals surface area (Å²) in [6, 6.07) is 21.1. The smallest absolute Gasteiger partial charge is 0.394 e. The molecule has 0 saturated carbocycles. The van der Waals surface area contributed by atoms with Gasteiger partial charge in [-0.05, 0) is 86.8 Å². The molecule has 5 heteroatoms. The highest BCUT2D eigenvalue weighted by molar-refractivity contribution is 7.48. The lowest BCUT2D eigenvalue weighted by Gasteiger charge is -2.35. The van der Waals surface area contributed by atoms with Gasteiger partial charge in [-0.15, -0.1) is 0 Å². The lowest BCUT2D eigenvalue weighted by molar-refractivity contribution is 0.281. The third kappa shape index (κ3) is 3.37. The quantitative estimate of drug-likeness (QED) is 0.269. The fraction of sp³-hybridized carbons (Fsp3) is 0.273. The second-order valence-corrected chi connectivity index (χ2v) is 12.6. The molecule has 0 bridgehead atoms. The molecule has 1 N–H and O–H groups in total. The lowest BCUT2D eigenvalue weighted by atomic mass is 9.74. The van der Waals surface area contributed by atoms with Crippen molar-refractivity contribution >= 4 is 7.82 Å². The molecule has 0 aromatic heterocycles. The molecule has 4 aromatic rings. The predicted molar refractivity (Wildman–Crippen MR) is 151 cm³/mol. The number of rotatable bonds is 2. The third-order valence-electron chi connectivity index (χ3n) is 8.87. The summed E-state index contributed by atoms with van der Waals surface area (Å²) in [6.45, 7) is 8.27. The van der Waals surface area contributed by atoms with Crippen molar-refractivity contribution < 1.29 is 18.5 Å². The van der Waals surface area contributed by atoms with Crippen molar-refractivity contribution in [2.24, 2.45) is 0 Å². The number of aryl methyl sites for hydroxylation is 6. The molecular formula is C33H31O4P. The molecule has 0 saturated heterocycles. The molecule has 38 heavy (non-hydrogen) atoms. The summed E-state index contributed by atoms with van der Waals surface area (Å²) in [7, 11) is -4.51. The Morgan fingerprint density at radius 2 is 1.11 bits per heavy atom. The van der Waals surface area contributed by atoms with Gasteiger partial charge in [-0.1, -0.05) is 71.8 Å². The first-order chi connectivity index (χ1) is 18.2. The maximum atomic E-state index is 13.8. The van der Waals surface area contributed by atoms with Crippen LogP contribution in [0.1, 0.15) is 57.3 Å². The average molecular weight is 523 g/mol. The first-order valence-corrected chi connectivity index (χ1v) is 14.9.